The maximum Gasteiger partial charge on any atom is 0.307 e. The average Bonchev–Trinajstić information content (AvgIpc) is 2.90. The van der Waals surface area contributed by atoms with Crippen molar-refractivity contribution in [3.63, 3.8) is 0 Å². The van der Waals surface area contributed by atoms with E-state index in [0.717, 1.165) is 44.1 Å². The highest BCUT2D eigenvalue weighted by Gasteiger charge is 2.33. The van der Waals surface area contributed by atoms with E-state index in [-0.39, 0.29) is 12.3 Å². The van der Waals surface area contributed by atoms with E-state index in [4.69, 9.17) is 9.84 Å². The Kier molecular flexibility index (Phi) is 11.8. The molecule has 1 aliphatic carbocycles. The Morgan fingerprint density at radius 3 is 2.54 bits per heavy atom. The molecule has 0 fully saturated rings. The predicted octanol–water partition coefficient (Wildman–Crippen LogP) is 4.11. The second kappa shape index (κ2) is 13.5. The van der Waals surface area contributed by atoms with Crippen LogP contribution in [-0.4, -0.2) is 39.5 Å². The van der Waals surface area contributed by atoms with E-state index in [1.165, 1.54) is 6.92 Å². The Morgan fingerprint density at radius 2 is 1.89 bits per heavy atom. The Hall–Kier alpha value is -1.66. The van der Waals surface area contributed by atoms with Gasteiger partial charge in [-0.05, 0) is 31.3 Å². The van der Waals surface area contributed by atoms with Crippen molar-refractivity contribution in [3.8, 4) is 0 Å². The fourth-order valence-electron chi connectivity index (χ4n) is 3.59. The van der Waals surface area contributed by atoms with Crippen molar-refractivity contribution in [1.29, 1.82) is 0 Å². The van der Waals surface area contributed by atoms with Crippen LogP contribution in [0.4, 0.5) is 0 Å². The van der Waals surface area contributed by atoms with Gasteiger partial charge in [-0.15, -0.1) is 0 Å². The summed E-state index contributed by atoms with van der Waals surface area (Å²) < 4.78 is 5.33. The minimum absolute atomic E-state index is 0.182. The van der Waals surface area contributed by atoms with Crippen LogP contribution in [0.3, 0.4) is 0 Å². The summed E-state index contributed by atoms with van der Waals surface area (Å²) in [6, 6.07) is 0. The van der Waals surface area contributed by atoms with Crippen LogP contribution in [0.2, 0.25) is 0 Å². The normalized spacial score (nSPS) is 20.7. The van der Waals surface area contributed by atoms with Gasteiger partial charge in [0.25, 0.3) is 0 Å². The molecule has 0 aromatic carbocycles. The summed E-state index contributed by atoms with van der Waals surface area (Å²) in [5.74, 6) is -0.887. The van der Waals surface area contributed by atoms with Crippen LogP contribution in [-0.2, 0) is 14.3 Å². The summed E-state index contributed by atoms with van der Waals surface area (Å²) in [4.78, 5) is 22.0. The summed E-state index contributed by atoms with van der Waals surface area (Å²) in [7, 11) is 0. The number of rotatable bonds is 14. The van der Waals surface area contributed by atoms with Crippen molar-refractivity contribution in [1.82, 2.24) is 0 Å². The molecular weight excluding hydrogens is 360 g/mol. The lowest BCUT2D eigenvalue weighted by molar-refractivity contribution is -0.138. The molecule has 0 unspecified atom stereocenters. The highest BCUT2D eigenvalue weighted by Crippen LogP contribution is 2.37. The van der Waals surface area contributed by atoms with Crippen LogP contribution in [0.5, 0.6) is 0 Å². The molecule has 28 heavy (non-hydrogen) atoms. The lowest BCUT2D eigenvalue weighted by Crippen LogP contribution is -2.15. The summed E-state index contributed by atoms with van der Waals surface area (Å²) in [6.45, 7) is 3.47. The van der Waals surface area contributed by atoms with Gasteiger partial charge in [0, 0.05) is 25.7 Å². The third kappa shape index (κ3) is 9.51. The van der Waals surface area contributed by atoms with Gasteiger partial charge in [-0.1, -0.05) is 51.2 Å². The van der Waals surface area contributed by atoms with Crippen molar-refractivity contribution in [2.24, 2.45) is 5.92 Å². The van der Waals surface area contributed by atoms with Crippen LogP contribution in [0, 0.1) is 5.92 Å². The van der Waals surface area contributed by atoms with E-state index in [1.807, 2.05) is 6.08 Å². The number of carboxylic acid groups (broad SMARTS) is 1. The molecule has 0 saturated carbocycles. The van der Waals surface area contributed by atoms with Gasteiger partial charge in [0.15, 0.2) is 0 Å². The number of ether oxygens (including phenoxy) is 1. The number of unbranched alkanes of at least 4 members (excludes halogenated alkanes) is 5. The third-order valence-electron chi connectivity index (χ3n) is 5.07. The molecule has 3 atom stereocenters. The molecule has 6 heteroatoms. The minimum Gasteiger partial charge on any atom is -0.481 e. The minimum atomic E-state index is -0.776. The molecule has 160 valence electrons. The largest absolute Gasteiger partial charge is 0.481 e. The first-order valence-electron chi connectivity index (χ1n) is 10.5. The van der Waals surface area contributed by atoms with Gasteiger partial charge in [0.05, 0.1) is 12.2 Å². The number of aliphatic hydroxyl groups excluding tert-OH is 2. The van der Waals surface area contributed by atoms with Gasteiger partial charge in [-0.3, -0.25) is 9.59 Å². The van der Waals surface area contributed by atoms with Gasteiger partial charge in [0.2, 0.25) is 0 Å². The maximum atomic E-state index is 11.4. The second-order valence-corrected chi connectivity index (χ2v) is 7.60. The number of aliphatic carboxylic acids is 1. The van der Waals surface area contributed by atoms with Crippen LogP contribution < -0.4 is 0 Å². The predicted molar refractivity (Wildman–Crippen MR) is 108 cm³/mol. The Bertz CT molecular complexity index is 551. The van der Waals surface area contributed by atoms with Crippen LogP contribution in [0.1, 0.15) is 84.5 Å². The first kappa shape index (κ1) is 24.4. The Labute approximate surface area is 168 Å². The number of hydrogen-bond acceptors (Lipinski definition) is 5. The molecule has 0 bridgehead atoms. The zero-order chi connectivity index (χ0) is 20.9. The molecule has 0 amide bonds. The summed E-state index contributed by atoms with van der Waals surface area (Å²) >= 11 is 0. The molecule has 0 radical (unpaired) electrons. The quantitative estimate of drug-likeness (QED) is 0.232. The second-order valence-electron chi connectivity index (χ2n) is 7.60. The summed E-state index contributed by atoms with van der Waals surface area (Å²) in [6.07, 6.45) is 10.6. The average molecular weight is 397 g/mol. The van der Waals surface area contributed by atoms with Crippen LogP contribution >= 0.6 is 0 Å². The standard InChI is InChI=1S/C22H36O6/c1-3-4-7-10-17(24)13-14-18-19(11-8-5-6-9-12-22(26)27)21(15-20(18)25)28-16(2)23/h13-14,17-18,20,24-25H,3-12,15H2,1-2H3,(H,26,27)/b14-13+/t17-,18+,20+/m0/s1. The van der Waals surface area contributed by atoms with Crippen molar-refractivity contribution in [3.05, 3.63) is 23.5 Å². The number of carbonyl (C=O) groups excluding carboxylic acids is 1. The number of carboxylic acids is 1. The first-order chi connectivity index (χ1) is 13.3. The molecular formula is C22H36O6. The third-order valence-corrected chi connectivity index (χ3v) is 5.07. The van der Waals surface area contributed by atoms with E-state index in [9.17, 15) is 19.8 Å². The number of carbonyl (C=O) groups is 2. The summed E-state index contributed by atoms with van der Waals surface area (Å²) in [5.41, 5.74) is 0.915. The maximum absolute atomic E-state index is 11.4. The Balaban J connectivity index is 2.66. The SMILES string of the molecule is CCCCC[C@H](O)/C=C/[C@@H]1C(CCCCCCC(=O)O)=C(OC(C)=O)C[C@H]1O. The van der Waals surface area contributed by atoms with Crippen LogP contribution in [0.25, 0.3) is 0 Å². The fourth-order valence-corrected chi connectivity index (χ4v) is 3.59. The smallest absolute Gasteiger partial charge is 0.307 e. The molecule has 3 N–H and O–H groups in total. The fraction of sp³-hybridized carbons (Fsp3) is 0.727. The number of aliphatic hydroxyl groups is 2. The van der Waals surface area contributed by atoms with E-state index in [2.05, 4.69) is 6.92 Å². The van der Waals surface area contributed by atoms with Gasteiger partial charge in [0.1, 0.15) is 5.76 Å². The van der Waals surface area contributed by atoms with Gasteiger partial charge in [-0.2, -0.15) is 0 Å². The van der Waals surface area contributed by atoms with Crippen molar-refractivity contribution in [2.75, 3.05) is 0 Å². The van der Waals surface area contributed by atoms with Crippen molar-refractivity contribution in [2.45, 2.75) is 96.7 Å². The van der Waals surface area contributed by atoms with Gasteiger partial charge < -0.3 is 20.1 Å². The van der Waals surface area contributed by atoms with Crippen molar-refractivity contribution >= 4 is 11.9 Å². The zero-order valence-electron chi connectivity index (χ0n) is 17.2. The van der Waals surface area contributed by atoms with E-state index >= 15 is 0 Å². The number of hydrogen-bond donors (Lipinski definition) is 3. The molecule has 1 aliphatic rings. The molecule has 6 nitrogen and oxygen atoms in total. The Morgan fingerprint density at radius 1 is 1.18 bits per heavy atom. The lowest BCUT2D eigenvalue weighted by Gasteiger charge is -2.16. The van der Waals surface area contributed by atoms with Crippen molar-refractivity contribution < 1.29 is 29.6 Å². The lowest BCUT2D eigenvalue weighted by atomic mass is 9.93. The topological polar surface area (TPSA) is 104 Å². The van der Waals surface area contributed by atoms with Gasteiger partial charge >= 0.3 is 11.9 Å². The van der Waals surface area contributed by atoms with Crippen LogP contribution in [0.15, 0.2) is 23.5 Å². The highest BCUT2D eigenvalue weighted by molar-refractivity contribution is 5.67. The van der Waals surface area contributed by atoms with E-state index < -0.39 is 24.1 Å². The highest BCUT2D eigenvalue weighted by atomic mass is 16.5. The molecule has 0 heterocycles. The number of esters is 1. The molecule has 1 rings (SSSR count). The summed E-state index contributed by atoms with van der Waals surface area (Å²) in [5, 5.41) is 29.2. The molecule has 0 spiro atoms. The van der Waals surface area contributed by atoms with Gasteiger partial charge in [-0.25, -0.2) is 0 Å². The first-order valence-corrected chi connectivity index (χ1v) is 10.5. The molecule has 0 saturated heterocycles. The molecule has 0 aliphatic heterocycles. The molecule has 0 aromatic rings. The molecule has 0 aromatic heterocycles. The zero-order valence-corrected chi connectivity index (χ0v) is 17.2. The van der Waals surface area contributed by atoms with E-state index in [0.29, 0.717) is 31.4 Å². The monoisotopic (exact) mass is 396 g/mol. The van der Waals surface area contributed by atoms with E-state index in [1.54, 1.807) is 6.08 Å².